The number of rotatable bonds is 2. The zero-order valence-corrected chi connectivity index (χ0v) is 9.96. The van der Waals surface area contributed by atoms with Crippen molar-refractivity contribution in [1.29, 1.82) is 0 Å². The SMILES string of the molecule is OC(c1ccc(F)cc1)c1cc(F)cc(C(F)(F)F)c1. The van der Waals surface area contributed by atoms with E-state index >= 15 is 0 Å². The molecule has 1 nitrogen and oxygen atoms in total. The standard InChI is InChI=1S/C14H9F5O/c15-11-3-1-8(2-4-11)13(20)9-5-10(14(17,18)19)7-12(16)6-9/h1-7,13,20H. The number of alkyl halides is 3. The smallest absolute Gasteiger partial charge is 0.384 e. The second-order valence-corrected chi connectivity index (χ2v) is 4.23. The largest absolute Gasteiger partial charge is 0.416 e. The summed E-state index contributed by atoms with van der Waals surface area (Å²) < 4.78 is 63.7. The van der Waals surface area contributed by atoms with Crippen molar-refractivity contribution in [3.63, 3.8) is 0 Å². The highest BCUT2D eigenvalue weighted by Gasteiger charge is 2.32. The highest BCUT2D eigenvalue weighted by Crippen LogP contribution is 2.33. The van der Waals surface area contributed by atoms with Crippen molar-refractivity contribution >= 4 is 0 Å². The number of benzene rings is 2. The quantitative estimate of drug-likeness (QED) is 0.826. The molecule has 0 saturated heterocycles. The van der Waals surface area contributed by atoms with Gasteiger partial charge in [-0.1, -0.05) is 12.1 Å². The van der Waals surface area contributed by atoms with Gasteiger partial charge < -0.3 is 5.11 Å². The van der Waals surface area contributed by atoms with E-state index in [0.717, 1.165) is 18.2 Å². The normalized spacial score (nSPS) is 13.3. The lowest BCUT2D eigenvalue weighted by molar-refractivity contribution is -0.137. The second kappa shape index (κ2) is 5.20. The molecule has 6 heteroatoms. The molecule has 0 spiro atoms. The van der Waals surface area contributed by atoms with E-state index in [1.165, 1.54) is 12.1 Å². The van der Waals surface area contributed by atoms with Crippen molar-refractivity contribution in [1.82, 2.24) is 0 Å². The maximum absolute atomic E-state index is 13.2. The minimum Gasteiger partial charge on any atom is -0.384 e. The third-order valence-corrected chi connectivity index (χ3v) is 2.75. The molecular weight excluding hydrogens is 279 g/mol. The summed E-state index contributed by atoms with van der Waals surface area (Å²) in [4.78, 5) is 0. The van der Waals surface area contributed by atoms with Gasteiger partial charge in [0.05, 0.1) is 5.56 Å². The third kappa shape index (κ3) is 3.14. The van der Waals surface area contributed by atoms with E-state index in [2.05, 4.69) is 0 Å². The first-order valence-electron chi connectivity index (χ1n) is 5.58. The van der Waals surface area contributed by atoms with Crippen LogP contribution in [0.25, 0.3) is 0 Å². The third-order valence-electron chi connectivity index (χ3n) is 2.75. The average Bonchev–Trinajstić information content (AvgIpc) is 2.37. The Morgan fingerprint density at radius 1 is 0.800 bits per heavy atom. The van der Waals surface area contributed by atoms with Crippen LogP contribution in [-0.2, 0) is 6.18 Å². The Balaban J connectivity index is 2.42. The lowest BCUT2D eigenvalue weighted by atomic mass is 9.99. The monoisotopic (exact) mass is 288 g/mol. The molecule has 1 unspecified atom stereocenters. The molecule has 0 saturated carbocycles. The molecular formula is C14H9F5O. The van der Waals surface area contributed by atoms with Crippen molar-refractivity contribution in [3.05, 3.63) is 70.8 Å². The molecule has 2 rings (SSSR count). The van der Waals surface area contributed by atoms with E-state index in [-0.39, 0.29) is 11.1 Å². The van der Waals surface area contributed by atoms with Gasteiger partial charge in [0, 0.05) is 0 Å². The van der Waals surface area contributed by atoms with Gasteiger partial charge in [0.2, 0.25) is 0 Å². The molecule has 106 valence electrons. The predicted octanol–water partition coefficient (Wildman–Crippen LogP) is 4.07. The summed E-state index contributed by atoms with van der Waals surface area (Å²) >= 11 is 0. The van der Waals surface area contributed by atoms with E-state index in [9.17, 15) is 27.1 Å². The fraction of sp³-hybridized carbons (Fsp3) is 0.143. The predicted molar refractivity (Wildman–Crippen MR) is 61.9 cm³/mol. The lowest BCUT2D eigenvalue weighted by Crippen LogP contribution is -2.08. The fourth-order valence-electron chi connectivity index (χ4n) is 1.77. The molecule has 0 amide bonds. The topological polar surface area (TPSA) is 20.2 Å². The van der Waals surface area contributed by atoms with Gasteiger partial charge >= 0.3 is 6.18 Å². The van der Waals surface area contributed by atoms with Gasteiger partial charge in [0.25, 0.3) is 0 Å². The molecule has 1 N–H and O–H groups in total. The van der Waals surface area contributed by atoms with Crippen LogP contribution >= 0.6 is 0 Å². The van der Waals surface area contributed by atoms with E-state index in [0.29, 0.717) is 12.1 Å². The molecule has 0 bridgehead atoms. The van der Waals surface area contributed by atoms with Crippen LogP contribution < -0.4 is 0 Å². The summed E-state index contributed by atoms with van der Waals surface area (Å²) in [5.41, 5.74) is -1.26. The van der Waals surface area contributed by atoms with E-state index in [1.54, 1.807) is 0 Å². The minimum atomic E-state index is -4.71. The van der Waals surface area contributed by atoms with E-state index in [4.69, 9.17) is 0 Å². The van der Waals surface area contributed by atoms with Crippen LogP contribution in [0.3, 0.4) is 0 Å². The van der Waals surface area contributed by atoms with E-state index < -0.39 is 29.5 Å². The summed E-state index contributed by atoms with van der Waals surface area (Å²) in [5, 5.41) is 9.94. The summed E-state index contributed by atoms with van der Waals surface area (Å²) in [6.45, 7) is 0. The van der Waals surface area contributed by atoms with Crippen LogP contribution in [0, 0.1) is 11.6 Å². The summed E-state index contributed by atoms with van der Waals surface area (Å²) in [6, 6.07) is 6.38. The maximum Gasteiger partial charge on any atom is 0.416 e. The Bertz CT molecular complexity index is 604. The van der Waals surface area contributed by atoms with Gasteiger partial charge in [-0.15, -0.1) is 0 Å². The van der Waals surface area contributed by atoms with Crippen molar-refractivity contribution in [2.45, 2.75) is 12.3 Å². The summed E-state index contributed by atoms with van der Waals surface area (Å²) in [6.07, 6.45) is -6.17. The van der Waals surface area contributed by atoms with Crippen molar-refractivity contribution < 1.29 is 27.1 Å². The van der Waals surface area contributed by atoms with Crippen LogP contribution in [0.5, 0.6) is 0 Å². The zero-order chi connectivity index (χ0) is 14.9. The maximum atomic E-state index is 13.2. The average molecular weight is 288 g/mol. The molecule has 0 radical (unpaired) electrons. The molecule has 20 heavy (non-hydrogen) atoms. The van der Waals surface area contributed by atoms with Crippen LogP contribution in [0.15, 0.2) is 42.5 Å². The van der Waals surface area contributed by atoms with Crippen LogP contribution in [0.2, 0.25) is 0 Å². The lowest BCUT2D eigenvalue weighted by Gasteiger charge is -2.14. The highest BCUT2D eigenvalue weighted by atomic mass is 19.4. The highest BCUT2D eigenvalue weighted by molar-refractivity contribution is 5.34. The number of hydrogen-bond donors (Lipinski definition) is 1. The molecule has 1 atom stereocenters. The zero-order valence-electron chi connectivity index (χ0n) is 9.96. The number of aliphatic hydroxyl groups excluding tert-OH is 1. The van der Waals surface area contributed by atoms with Crippen molar-refractivity contribution in [3.8, 4) is 0 Å². The number of hydrogen-bond acceptors (Lipinski definition) is 1. The Hall–Kier alpha value is -1.95. The van der Waals surface area contributed by atoms with Gasteiger partial charge in [0.1, 0.15) is 17.7 Å². The van der Waals surface area contributed by atoms with Gasteiger partial charge in [0.15, 0.2) is 0 Å². The van der Waals surface area contributed by atoms with Gasteiger partial charge in [-0.25, -0.2) is 8.78 Å². The van der Waals surface area contributed by atoms with Gasteiger partial charge in [-0.2, -0.15) is 13.2 Å². The molecule has 0 aromatic heterocycles. The first-order valence-corrected chi connectivity index (χ1v) is 5.58. The molecule has 0 aliphatic rings. The fourth-order valence-corrected chi connectivity index (χ4v) is 1.77. The van der Waals surface area contributed by atoms with Gasteiger partial charge in [-0.3, -0.25) is 0 Å². The molecule has 0 aliphatic carbocycles. The van der Waals surface area contributed by atoms with Crippen molar-refractivity contribution in [2.75, 3.05) is 0 Å². The Labute approximate surface area is 111 Å². The van der Waals surface area contributed by atoms with Crippen LogP contribution in [0.1, 0.15) is 22.8 Å². The molecule has 0 heterocycles. The van der Waals surface area contributed by atoms with Gasteiger partial charge in [-0.05, 0) is 41.5 Å². The van der Waals surface area contributed by atoms with Crippen molar-refractivity contribution in [2.24, 2.45) is 0 Å². The summed E-state index contributed by atoms with van der Waals surface area (Å²) in [5.74, 6) is -1.65. The Morgan fingerprint density at radius 3 is 1.95 bits per heavy atom. The van der Waals surface area contributed by atoms with Crippen LogP contribution in [0.4, 0.5) is 22.0 Å². The first-order chi connectivity index (χ1) is 9.27. The molecule has 0 fully saturated rings. The Kier molecular flexibility index (Phi) is 3.76. The number of aliphatic hydroxyl groups is 1. The molecule has 2 aromatic carbocycles. The minimum absolute atomic E-state index is 0.171. The van der Waals surface area contributed by atoms with E-state index in [1.807, 2.05) is 0 Å². The molecule has 0 aliphatic heterocycles. The first kappa shape index (κ1) is 14.5. The second-order valence-electron chi connectivity index (χ2n) is 4.23. The number of halogens is 5. The summed E-state index contributed by atoms with van der Waals surface area (Å²) in [7, 11) is 0. The Morgan fingerprint density at radius 2 is 1.40 bits per heavy atom. The molecule has 2 aromatic rings. The van der Waals surface area contributed by atoms with Crippen LogP contribution in [-0.4, -0.2) is 5.11 Å².